The molecule has 0 spiro atoms. The molecular formula is C14H18N2O2. The lowest BCUT2D eigenvalue weighted by Gasteiger charge is -2.17. The summed E-state index contributed by atoms with van der Waals surface area (Å²) in [6, 6.07) is 8.96. The number of nitrogens with one attached hydrogen (secondary N) is 2. The maximum absolute atomic E-state index is 11.7. The summed E-state index contributed by atoms with van der Waals surface area (Å²) in [5.74, 6) is -0.520. The lowest BCUT2D eigenvalue weighted by molar-refractivity contribution is -0.127. The number of likely N-dealkylation sites (N-methyl/N-ethyl adjacent to an activating group) is 1. The molecule has 0 aliphatic heterocycles. The largest absolute Gasteiger partial charge is 0.357 e. The highest BCUT2D eigenvalue weighted by Crippen LogP contribution is 2.04. The normalized spacial score (nSPS) is 11.4. The van der Waals surface area contributed by atoms with Crippen molar-refractivity contribution in [3.05, 3.63) is 48.0 Å². The second-order valence-electron chi connectivity index (χ2n) is 4.11. The molecule has 0 fully saturated rings. The van der Waals surface area contributed by atoms with Gasteiger partial charge in [-0.05, 0) is 12.5 Å². The van der Waals surface area contributed by atoms with Crippen LogP contribution in [0.1, 0.15) is 12.5 Å². The molecule has 0 saturated heterocycles. The number of hydrogen-bond acceptors (Lipinski definition) is 2. The van der Waals surface area contributed by atoms with Crippen LogP contribution in [0.3, 0.4) is 0 Å². The van der Waals surface area contributed by atoms with Gasteiger partial charge in [-0.2, -0.15) is 0 Å². The monoisotopic (exact) mass is 246 g/mol. The number of hydrogen-bond donors (Lipinski definition) is 2. The molecule has 0 aromatic heterocycles. The zero-order valence-corrected chi connectivity index (χ0v) is 10.7. The Balaban J connectivity index is 2.76. The third kappa shape index (κ3) is 4.05. The number of carbonyl (C=O) groups excluding carboxylic acids is 2. The van der Waals surface area contributed by atoms with Gasteiger partial charge in [-0.15, -0.1) is 0 Å². The number of amides is 2. The number of rotatable bonds is 5. The molecular weight excluding hydrogens is 228 g/mol. The van der Waals surface area contributed by atoms with Crippen LogP contribution in [0.5, 0.6) is 0 Å². The van der Waals surface area contributed by atoms with E-state index in [9.17, 15) is 9.59 Å². The summed E-state index contributed by atoms with van der Waals surface area (Å²) in [5.41, 5.74) is 1.38. The number of benzene rings is 1. The summed E-state index contributed by atoms with van der Waals surface area (Å²) >= 11 is 0. The third-order valence-electron chi connectivity index (χ3n) is 2.54. The minimum Gasteiger partial charge on any atom is -0.357 e. The van der Waals surface area contributed by atoms with Crippen molar-refractivity contribution in [2.75, 3.05) is 7.05 Å². The Kier molecular flexibility index (Phi) is 5.11. The molecule has 4 heteroatoms. The Morgan fingerprint density at radius 3 is 2.39 bits per heavy atom. The first-order chi connectivity index (χ1) is 8.54. The van der Waals surface area contributed by atoms with Gasteiger partial charge in [0.05, 0.1) is 0 Å². The van der Waals surface area contributed by atoms with Gasteiger partial charge in [0.1, 0.15) is 6.04 Å². The van der Waals surface area contributed by atoms with E-state index >= 15 is 0 Å². The standard InChI is InChI=1S/C14H18N2O2/c1-10(2)13(17)16-12(14(18)15-3)9-11-7-5-4-6-8-11/h4-8,12H,1,9H2,2-3H3,(H,15,18)(H,16,17)/t12-/m0/s1. The minimum atomic E-state index is -0.582. The van der Waals surface area contributed by atoms with E-state index < -0.39 is 6.04 Å². The minimum absolute atomic E-state index is 0.214. The summed E-state index contributed by atoms with van der Waals surface area (Å²) < 4.78 is 0. The predicted molar refractivity (Wildman–Crippen MR) is 71.0 cm³/mol. The molecule has 0 heterocycles. The fourth-order valence-electron chi connectivity index (χ4n) is 1.51. The highest BCUT2D eigenvalue weighted by molar-refractivity contribution is 5.96. The zero-order valence-electron chi connectivity index (χ0n) is 10.7. The molecule has 0 radical (unpaired) electrons. The Labute approximate surface area is 107 Å². The van der Waals surface area contributed by atoms with E-state index in [2.05, 4.69) is 17.2 Å². The summed E-state index contributed by atoms with van der Waals surface area (Å²) in [6.45, 7) is 5.17. The molecule has 1 aromatic carbocycles. The van der Waals surface area contributed by atoms with E-state index in [1.165, 1.54) is 0 Å². The molecule has 1 aromatic rings. The maximum atomic E-state index is 11.7. The fourth-order valence-corrected chi connectivity index (χ4v) is 1.51. The SMILES string of the molecule is C=C(C)C(=O)N[C@@H](Cc1ccccc1)C(=O)NC. The van der Waals surface area contributed by atoms with Gasteiger partial charge in [0.25, 0.3) is 0 Å². The lowest BCUT2D eigenvalue weighted by Crippen LogP contribution is -2.47. The van der Waals surface area contributed by atoms with Crippen LogP contribution >= 0.6 is 0 Å². The van der Waals surface area contributed by atoms with Crippen molar-refractivity contribution in [3.8, 4) is 0 Å². The molecule has 0 unspecified atom stereocenters. The highest BCUT2D eigenvalue weighted by atomic mass is 16.2. The van der Waals surface area contributed by atoms with Crippen LogP contribution in [-0.4, -0.2) is 24.9 Å². The van der Waals surface area contributed by atoms with Crippen molar-refractivity contribution in [2.45, 2.75) is 19.4 Å². The van der Waals surface area contributed by atoms with Crippen molar-refractivity contribution >= 4 is 11.8 Å². The van der Waals surface area contributed by atoms with E-state index in [1.54, 1.807) is 14.0 Å². The van der Waals surface area contributed by atoms with Crippen LogP contribution in [0.2, 0.25) is 0 Å². The van der Waals surface area contributed by atoms with Gasteiger partial charge >= 0.3 is 0 Å². The van der Waals surface area contributed by atoms with Gasteiger partial charge in [-0.3, -0.25) is 9.59 Å². The Morgan fingerprint density at radius 1 is 1.28 bits per heavy atom. The van der Waals surface area contributed by atoms with Gasteiger partial charge in [0.2, 0.25) is 11.8 Å². The molecule has 0 aliphatic carbocycles. The van der Waals surface area contributed by atoms with Crippen molar-refractivity contribution < 1.29 is 9.59 Å². The topological polar surface area (TPSA) is 58.2 Å². The first-order valence-electron chi connectivity index (χ1n) is 5.76. The van der Waals surface area contributed by atoms with E-state index in [4.69, 9.17) is 0 Å². The smallest absolute Gasteiger partial charge is 0.246 e. The molecule has 2 N–H and O–H groups in total. The molecule has 1 rings (SSSR count). The predicted octanol–water partition coefficient (Wildman–Crippen LogP) is 1.04. The van der Waals surface area contributed by atoms with Crippen molar-refractivity contribution in [1.82, 2.24) is 10.6 Å². The summed E-state index contributed by atoms with van der Waals surface area (Å²) in [7, 11) is 1.55. The molecule has 96 valence electrons. The van der Waals surface area contributed by atoms with Gasteiger partial charge in [-0.1, -0.05) is 36.9 Å². The first-order valence-corrected chi connectivity index (χ1v) is 5.76. The molecule has 18 heavy (non-hydrogen) atoms. The Hall–Kier alpha value is -2.10. The van der Waals surface area contributed by atoms with Crippen LogP contribution in [0.15, 0.2) is 42.5 Å². The van der Waals surface area contributed by atoms with E-state index in [0.717, 1.165) is 5.56 Å². The van der Waals surface area contributed by atoms with Crippen molar-refractivity contribution in [2.24, 2.45) is 0 Å². The molecule has 0 saturated carbocycles. The first kappa shape index (κ1) is 14.0. The van der Waals surface area contributed by atoms with Gasteiger partial charge in [0, 0.05) is 19.0 Å². The van der Waals surface area contributed by atoms with Crippen LogP contribution in [0, 0.1) is 0 Å². The average molecular weight is 246 g/mol. The van der Waals surface area contributed by atoms with Gasteiger partial charge in [-0.25, -0.2) is 0 Å². The maximum Gasteiger partial charge on any atom is 0.246 e. The molecule has 0 bridgehead atoms. The summed E-state index contributed by atoms with van der Waals surface area (Å²) in [4.78, 5) is 23.3. The second-order valence-corrected chi connectivity index (χ2v) is 4.11. The Bertz CT molecular complexity index is 440. The third-order valence-corrected chi connectivity index (χ3v) is 2.54. The average Bonchev–Trinajstić information content (AvgIpc) is 2.38. The van der Waals surface area contributed by atoms with Gasteiger partial charge < -0.3 is 10.6 Å². The van der Waals surface area contributed by atoms with Crippen molar-refractivity contribution in [3.63, 3.8) is 0 Å². The number of carbonyl (C=O) groups is 2. The lowest BCUT2D eigenvalue weighted by atomic mass is 10.0. The highest BCUT2D eigenvalue weighted by Gasteiger charge is 2.20. The molecule has 4 nitrogen and oxygen atoms in total. The summed E-state index contributed by atoms with van der Waals surface area (Å²) in [5, 5.41) is 5.21. The fraction of sp³-hybridized carbons (Fsp3) is 0.286. The van der Waals surface area contributed by atoms with E-state index in [0.29, 0.717) is 12.0 Å². The van der Waals surface area contributed by atoms with Crippen molar-refractivity contribution in [1.29, 1.82) is 0 Å². The second kappa shape index (κ2) is 6.59. The van der Waals surface area contributed by atoms with Crippen LogP contribution < -0.4 is 10.6 Å². The molecule has 2 amide bonds. The molecule has 1 atom stereocenters. The van der Waals surface area contributed by atoms with E-state index in [1.807, 2.05) is 30.3 Å². The van der Waals surface area contributed by atoms with Crippen LogP contribution in [-0.2, 0) is 16.0 Å². The quantitative estimate of drug-likeness (QED) is 0.763. The van der Waals surface area contributed by atoms with Crippen LogP contribution in [0.4, 0.5) is 0 Å². The van der Waals surface area contributed by atoms with E-state index in [-0.39, 0.29) is 11.8 Å². The van der Waals surface area contributed by atoms with Crippen LogP contribution in [0.25, 0.3) is 0 Å². The summed E-state index contributed by atoms with van der Waals surface area (Å²) in [6.07, 6.45) is 0.458. The Morgan fingerprint density at radius 2 is 1.89 bits per heavy atom. The molecule has 0 aliphatic rings. The van der Waals surface area contributed by atoms with Gasteiger partial charge in [0.15, 0.2) is 0 Å². The zero-order chi connectivity index (χ0) is 13.5.